The minimum Gasteiger partial charge on any atom is -0.439 e. The molecule has 0 aliphatic carbocycles. The molecular weight excluding hydrogens is 322 g/mol. The summed E-state index contributed by atoms with van der Waals surface area (Å²) in [6.45, 7) is 1.82. The van der Waals surface area contributed by atoms with Crippen LogP contribution in [0.5, 0.6) is 11.6 Å². The molecule has 2 aromatic rings. The van der Waals surface area contributed by atoms with Gasteiger partial charge in [-0.1, -0.05) is 5.16 Å². The van der Waals surface area contributed by atoms with Crippen LogP contribution in [0.3, 0.4) is 0 Å². The fourth-order valence-electron chi connectivity index (χ4n) is 2.78. The van der Waals surface area contributed by atoms with E-state index >= 15 is 0 Å². The number of nitrogens with zero attached hydrogens (tertiary/aromatic N) is 3. The SMILES string of the molecule is CSc1ccc(Oc2cc(/C(=N/O)N3CCCCC3)ccn2)cc1. The molecule has 1 saturated heterocycles. The molecule has 2 heterocycles. The van der Waals surface area contributed by atoms with Crippen LogP contribution in [0.2, 0.25) is 0 Å². The Morgan fingerprint density at radius 1 is 1.17 bits per heavy atom. The lowest BCUT2D eigenvalue weighted by atomic mass is 10.1. The third kappa shape index (κ3) is 4.00. The van der Waals surface area contributed by atoms with Crippen molar-refractivity contribution in [2.24, 2.45) is 5.16 Å². The van der Waals surface area contributed by atoms with E-state index in [1.165, 1.54) is 11.3 Å². The Hall–Kier alpha value is -2.21. The summed E-state index contributed by atoms with van der Waals surface area (Å²) in [6, 6.07) is 11.5. The summed E-state index contributed by atoms with van der Waals surface area (Å²) < 4.78 is 5.82. The van der Waals surface area contributed by atoms with Crippen molar-refractivity contribution in [3.8, 4) is 11.6 Å². The van der Waals surface area contributed by atoms with Crippen LogP contribution < -0.4 is 4.74 Å². The molecule has 1 aromatic carbocycles. The molecule has 0 bridgehead atoms. The summed E-state index contributed by atoms with van der Waals surface area (Å²) in [4.78, 5) is 7.55. The first-order valence-electron chi connectivity index (χ1n) is 8.05. The van der Waals surface area contributed by atoms with Crippen LogP contribution in [0, 0.1) is 0 Å². The number of thioether (sulfide) groups is 1. The van der Waals surface area contributed by atoms with Gasteiger partial charge < -0.3 is 14.8 Å². The average Bonchev–Trinajstić information content (AvgIpc) is 2.64. The number of pyridine rings is 1. The normalized spacial score (nSPS) is 15.4. The minimum atomic E-state index is 0.488. The average molecular weight is 343 g/mol. The maximum Gasteiger partial charge on any atom is 0.219 e. The highest BCUT2D eigenvalue weighted by Crippen LogP contribution is 2.24. The van der Waals surface area contributed by atoms with Crippen molar-refractivity contribution in [3.05, 3.63) is 48.2 Å². The first kappa shape index (κ1) is 16.6. The number of hydrogen-bond donors (Lipinski definition) is 1. The molecule has 3 rings (SSSR count). The van der Waals surface area contributed by atoms with Gasteiger partial charge in [0.1, 0.15) is 5.75 Å². The first-order valence-corrected chi connectivity index (χ1v) is 9.28. The lowest BCUT2D eigenvalue weighted by Gasteiger charge is -2.28. The summed E-state index contributed by atoms with van der Waals surface area (Å²) >= 11 is 1.69. The molecule has 0 radical (unpaired) electrons. The highest BCUT2D eigenvalue weighted by molar-refractivity contribution is 7.98. The van der Waals surface area contributed by atoms with Crippen molar-refractivity contribution in [1.82, 2.24) is 9.88 Å². The van der Waals surface area contributed by atoms with Crippen LogP contribution in [0.4, 0.5) is 0 Å². The molecule has 1 aromatic heterocycles. The minimum absolute atomic E-state index is 0.488. The van der Waals surface area contributed by atoms with Gasteiger partial charge in [0, 0.05) is 35.8 Å². The lowest BCUT2D eigenvalue weighted by Crippen LogP contribution is -2.36. The Kier molecular flexibility index (Phi) is 5.59. The van der Waals surface area contributed by atoms with Crippen LogP contribution in [-0.4, -0.2) is 40.3 Å². The summed E-state index contributed by atoms with van der Waals surface area (Å²) in [6.07, 6.45) is 7.18. The van der Waals surface area contributed by atoms with Crippen LogP contribution >= 0.6 is 11.8 Å². The van der Waals surface area contributed by atoms with E-state index in [1.807, 2.05) is 42.7 Å². The predicted molar refractivity (Wildman–Crippen MR) is 96.3 cm³/mol. The van der Waals surface area contributed by atoms with E-state index in [2.05, 4.69) is 15.0 Å². The Labute approximate surface area is 146 Å². The quantitative estimate of drug-likeness (QED) is 0.296. The zero-order chi connectivity index (χ0) is 16.8. The van der Waals surface area contributed by atoms with Gasteiger partial charge in [-0.3, -0.25) is 0 Å². The molecule has 6 heteroatoms. The van der Waals surface area contributed by atoms with Gasteiger partial charge in [-0.15, -0.1) is 11.8 Å². The molecule has 1 N–H and O–H groups in total. The number of rotatable bonds is 4. The predicted octanol–water partition coefficient (Wildman–Crippen LogP) is 4.22. The summed E-state index contributed by atoms with van der Waals surface area (Å²) in [5.41, 5.74) is 0.810. The number of hydrogen-bond acceptors (Lipinski definition) is 5. The molecule has 24 heavy (non-hydrogen) atoms. The Balaban J connectivity index is 1.77. The monoisotopic (exact) mass is 343 g/mol. The van der Waals surface area contributed by atoms with Crippen molar-refractivity contribution in [1.29, 1.82) is 0 Å². The molecule has 0 atom stereocenters. The molecule has 126 valence electrons. The van der Waals surface area contributed by atoms with Crippen molar-refractivity contribution in [3.63, 3.8) is 0 Å². The highest BCUT2D eigenvalue weighted by atomic mass is 32.2. The summed E-state index contributed by atoms with van der Waals surface area (Å²) in [7, 11) is 0. The summed E-state index contributed by atoms with van der Waals surface area (Å²) in [5.74, 6) is 1.81. The fraction of sp³-hybridized carbons (Fsp3) is 0.333. The number of oxime groups is 1. The van der Waals surface area contributed by atoms with Gasteiger partial charge in [0.25, 0.3) is 0 Å². The van der Waals surface area contributed by atoms with Gasteiger partial charge in [0.15, 0.2) is 5.84 Å². The van der Waals surface area contributed by atoms with Crippen LogP contribution in [0.15, 0.2) is 52.6 Å². The second-order valence-corrected chi connectivity index (χ2v) is 6.51. The van der Waals surface area contributed by atoms with E-state index in [4.69, 9.17) is 4.74 Å². The largest absolute Gasteiger partial charge is 0.439 e. The second kappa shape index (κ2) is 8.06. The van der Waals surface area contributed by atoms with Crippen LogP contribution in [-0.2, 0) is 0 Å². The molecule has 0 amide bonds. The van der Waals surface area contributed by atoms with E-state index in [1.54, 1.807) is 18.0 Å². The Morgan fingerprint density at radius 3 is 2.58 bits per heavy atom. The molecular formula is C18H21N3O2S. The Bertz CT molecular complexity index is 698. The zero-order valence-corrected chi connectivity index (χ0v) is 14.5. The van der Waals surface area contributed by atoms with Gasteiger partial charge in [0.05, 0.1) is 0 Å². The summed E-state index contributed by atoms with van der Waals surface area (Å²) in [5, 5.41) is 13.0. The maximum absolute atomic E-state index is 9.45. The number of ether oxygens (including phenoxy) is 1. The molecule has 5 nitrogen and oxygen atoms in total. The number of aromatic nitrogens is 1. The molecule has 0 spiro atoms. The van der Waals surface area contributed by atoms with E-state index < -0.39 is 0 Å². The van der Waals surface area contributed by atoms with E-state index in [0.29, 0.717) is 11.7 Å². The Morgan fingerprint density at radius 2 is 1.92 bits per heavy atom. The zero-order valence-electron chi connectivity index (χ0n) is 13.7. The highest BCUT2D eigenvalue weighted by Gasteiger charge is 2.18. The van der Waals surface area contributed by atoms with Gasteiger partial charge in [-0.05, 0) is 55.9 Å². The van der Waals surface area contributed by atoms with Gasteiger partial charge in [0.2, 0.25) is 5.88 Å². The van der Waals surface area contributed by atoms with E-state index in [9.17, 15) is 5.21 Å². The fourth-order valence-corrected chi connectivity index (χ4v) is 3.19. The molecule has 1 fully saturated rings. The third-order valence-corrected chi connectivity index (χ3v) is 4.77. The van der Waals surface area contributed by atoms with Gasteiger partial charge >= 0.3 is 0 Å². The van der Waals surface area contributed by atoms with Gasteiger partial charge in [-0.2, -0.15) is 0 Å². The standard InChI is InChI=1S/C18H21N3O2S/c1-24-16-7-5-15(6-8-16)23-17-13-14(9-10-19-17)18(20-22)21-11-3-2-4-12-21/h5-10,13,22H,2-4,11-12H2,1H3/b20-18-. The van der Waals surface area contributed by atoms with Crippen molar-refractivity contribution < 1.29 is 9.94 Å². The topological polar surface area (TPSA) is 58.0 Å². The van der Waals surface area contributed by atoms with Crippen molar-refractivity contribution in [2.45, 2.75) is 24.2 Å². The first-order chi connectivity index (χ1) is 11.8. The molecule has 1 aliphatic rings. The number of benzene rings is 1. The third-order valence-electron chi connectivity index (χ3n) is 4.03. The van der Waals surface area contributed by atoms with E-state index in [-0.39, 0.29) is 0 Å². The number of piperidine rings is 1. The molecule has 1 aliphatic heterocycles. The maximum atomic E-state index is 9.45. The number of amidine groups is 1. The van der Waals surface area contributed by atoms with Crippen molar-refractivity contribution in [2.75, 3.05) is 19.3 Å². The van der Waals surface area contributed by atoms with Gasteiger partial charge in [-0.25, -0.2) is 4.98 Å². The van der Waals surface area contributed by atoms with Crippen molar-refractivity contribution >= 4 is 17.6 Å². The van der Waals surface area contributed by atoms with Crippen LogP contribution in [0.25, 0.3) is 0 Å². The van der Waals surface area contributed by atoms with Crippen LogP contribution in [0.1, 0.15) is 24.8 Å². The molecule has 0 unspecified atom stereocenters. The smallest absolute Gasteiger partial charge is 0.219 e. The second-order valence-electron chi connectivity index (χ2n) is 5.63. The number of likely N-dealkylation sites (tertiary alicyclic amines) is 1. The molecule has 0 saturated carbocycles. The lowest BCUT2D eigenvalue weighted by molar-refractivity contribution is 0.286. The van der Waals surface area contributed by atoms with E-state index in [0.717, 1.165) is 37.2 Å².